The Bertz CT molecular complexity index is 772. The minimum atomic E-state index is 0.589. The molecule has 3 nitrogen and oxygen atoms in total. The molecule has 0 aliphatic carbocycles. The molecule has 0 N–H and O–H groups in total. The number of pyridine rings is 2. The molecule has 98 valence electrons. The molecule has 0 saturated carbocycles. The summed E-state index contributed by atoms with van der Waals surface area (Å²) in [6.07, 6.45) is 6.82. The Morgan fingerprint density at radius 2 is 1.00 bits per heavy atom. The van der Waals surface area contributed by atoms with Crippen molar-refractivity contribution >= 4 is 0 Å². The molecule has 0 saturated heterocycles. The largest absolute Gasteiger partial charge is 0.439 e. The number of nitrogens with zero attached hydrogens (tertiary/aromatic N) is 2. The summed E-state index contributed by atoms with van der Waals surface area (Å²) in [6, 6.07) is 11.0. The van der Waals surface area contributed by atoms with Gasteiger partial charge in [0.15, 0.2) is 11.5 Å². The third-order valence-corrected chi connectivity index (χ3v) is 2.63. The highest BCUT2D eigenvalue weighted by Gasteiger charge is 1.95. The van der Waals surface area contributed by atoms with E-state index in [9.17, 15) is 0 Å². The first-order valence-corrected chi connectivity index (χ1v) is 6.34. The maximum atomic E-state index is 5.55. The topological polar surface area (TPSA) is 38.9 Å². The molecule has 21 heavy (non-hydrogen) atoms. The van der Waals surface area contributed by atoms with Crippen LogP contribution in [0.3, 0.4) is 0 Å². The maximum Gasteiger partial charge on any atom is 0.178 e. The van der Waals surface area contributed by atoms with Crippen molar-refractivity contribution in [3.05, 3.63) is 83.8 Å². The summed E-state index contributed by atoms with van der Waals surface area (Å²) in [5.41, 5.74) is 1.79. The van der Waals surface area contributed by atoms with Crippen molar-refractivity contribution in [1.82, 2.24) is 9.97 Å². The van der Waals surface area contributed by atoms with Gasteiger partial charge in [-0.2, -0.15) is 0 Å². The lowest BCUT2D eigenvalue weighted by molar-refractivity contribution is 0.542. The Kier molecular flexibility index (Phi) is 3.77. The zero-order valence-electron chi connectivity index (χ0n) is 11.1. The van der Waals surface area contributed by atoms with Crippen molar-refractivity contribution in [3.63, 3.8) is 0 Å². The number of hydrogen-bond acceptors (Lipinski definition) is 3. The van der Waals surface area contributed by atoms with E-state index in [0.29, 0.717) is 11.5 Å². The fraction of sp³-hybridized carbons (Fsp3) is 0. The van der Waals surface area contributed by atoms with Crippen LogP contribution in [0.2, 0.25) is 0 Å². The lowest BCUT2D eigenvalue weighted by Gasteiger charge is -1.86. The predicted octanol–water partition coefficient (Wildman–Crippen LogP) is 2.87. The van der Waals surface area contributed by atoms with Crippen molar-refractivity contribution in [1.29, 1.82) is 0 Å². The average Bonchev–Trinajstić information content (AvgIpc) is 3.01. The van der Waals surface area contributed by atoms with E-state index in [4.69, 9.17) is 4.42 Å². The second-order valence-corrected chi connectivity index (χ2v) is 4.14. The molecule has 3 heterocycles. The molecule has 0 amide bonds. The smallest absolute Gasteiger partial charge is 0.178 e. The second kappa shape index (κ2) is 6.23. The monoisotopic (exact) mass is 270 g/mol. The van der Waals surface area contributed by atoms with Crippen molar-refractivity contribution in [3.8, 4) is 23.7 Å². The Balaban J connectivity index is 1.76. The molecule has 0 bridgehead atoms. The molecule has 0 aliphatic rings. The van der Waals surface area contributed by atoms with Crippen molar-refractivity contribution < 1.29 is 4.42 Å². The fourth-order valence-electron chi connectivity index (χ4n) is 1.61. The molecule has 0 aromatic carbocycles. The van der Waals surface area contributed by atoms with Gasteiger partial charge in [0, 0.05) is 35.9 Å². The Morgan fingerprint density at radius 1 is 0.571 bits per heavy atom. The number of furan rings is 1. The number of rotatable bonds is 0. The van der Waals surface area contributed by atoms with E-state index in [0.717, 1.165) is 11.1 Å². The van der Waals surface area contributed by atoms with Crippen molar-refractivity contribution in [2.24, 2.45) is 0 Å². The third-order valence-electron chi connectivity index (χ3n) is 2.63. The van der Waals surface area contributed by atoms with Gasteiger partial charge < -0.3 is 4.42 Å². The van der Waals surface area contributed by atoms with E-state index in [1.807, 2.05) is 36.4 Å². The molecule has 3 rings (SSSR count). The highest BCUT2D eigenvalue weighted by atomic mass is 16.3. The highest BCUT2D eigenvalue weighted by molar-refractivity contribution is 5.42. The van der Waals surface area contributed by atoms with Crippen LogP contribution in [0.15, 0.2) is 65.6 Å². The number of hydrogen-bond donors (Lipinski definition) is 0. The summed E-state index contributed by atoms with van der Waals surface area (Å²) >= 11 is 0. The van der Waals surface area contributed by atoms with Crippen LogP contribution in [0.4, 0.5) is 0 Å². The normalized spacial score (nSPS) is 9.14. The van der Waals surface area contributed by atoms with Crippen LogP contribution in [0, 0.1) is 23.7 Å². The van der Waals surface area contributed by atoms with Crippen LogP contribution in [0.5, 0.6) is 0 Å². The van der Waals surface area contributed by atoms with Gasteiger partial charge in [0.2, 0.25) is 0 Å². The van der Waals surface area contributed by atoms with Gasteiger partial charge in [-0.15, -0.1) is 0 Å². The lowest BCUT2D eigenvalue weighted by atomic mass is 10.2. The first-order valence-electron chi connectivity index (χ1n) is 6.34. The summed E-state index contributed by atoms with van der Waals surface area (Å²) in [5, 5.41) is 0. The molecule has 0 spiro atoms. The van der Waals surface area contributed by atoms with Crippen molar-refractivity contribution in [2.75, 3.05) is 0 Å². The molecule has 0 unspecified atom stereocenters. The molecule has 3 aromatic heterocycles. The summed E-state index contributed by atoms with van der Waals surface area (Å²) in [4.78, 5) is 7.89. The van der Waals surface area contributed by atoms with Gasteiger partial charge in [0.05, 0.1) is 0 Å². The Labute approximate surface area is 122 Å². The molecule has 3 heteroatoms. The predicted molar refractivity (Wildman–Crippen MR) is 79.1 cm³/mol. The van der Waals surface area contributed by atoms with Crippen LogP contribution in [-0.2, 0) is 0 Å². The Hall–Kier alpha value is -3.30. The standard InChI is InChI=1S/C18H10N2O/c1(15-7-11-19-12-8-15)3-17-5-6-18(21-17)4-2-16-9-13-20-14-10-16/h5-14H. The van der Waals surface area contributed by atoms with E-state index in [1.165, 1.54) is 0 Å². The molecule has 0 fully saturated rings. The van der Waals surface area contributed by atoms with Gasteiger partial charge in [-0.1, -0.05) is 11.8 Å². The second-order valence-electron chi connectivity index (χ2n) is 4.14. The van der Waals surface area contributed by atoms with Crippen LogP contribution in [0.25, 0.3) is 0 Å². The summed E-state index contributed by atoms with van der Waals surface area (Å²) < 4.78 is 5.55. The van der Waals surface area contributed by atoms with Crippen LogP contribution in [-0.4, -0.2) is 9.97 Å². The van der Waals surface area contributed by atoms with E-state index in [2.05, 4.69) is 33.6 Å². The van der Waals surface area contributed by atoms with E-state index >= 15 is 0 Å². The maximum absolute atomic E-state index is 5.55. The van der Waals surface area contributed by atoms with Crippen molar-refractivity contribution in [2.45, 2.75) is 0 Å². The van der Waals surface area contributed by atoms with Gasteiger partial charge in [-0.05, 0) is 48.2 Å². The zero-order chi connectivity index (χ0) is 14.3. The molecule has 3 aromatic rings. The zero-order valence-corrected chi connectivity index (χ0v) is 11.1. The van der Waals surface area contributed by atoms with E-state index in [-0.39, 0.29) is 0 Å². The molecule has 0 atom stereocenters. The lowest BCUT2D eigenvalue weighted by Crippen LogP contribution is -1.75. The first-order chi connectivity index (χ1) is 10.4. The molecule has 0 aliphatic heterocycles. The highest BCUT2D eigenvalue weighted by Crippen LogP contribution is 2.06. The summed E-state index contributed by atoms with van der Waals surface area (Å²) in [7, 11) is 0. The molecule has 0 radical (unpaired) electrons. The van der Waals surface area contributed by atoms with Crippen LogP contribution >= 0.6 is 0 Å². The van der Waals surface area contributed by atoms with Gasteiger partial charge in [-0.3, -0.25) is 9.97 Å². The first kappa shape index (κ1) is 12.7. The van der Waals surface area contributed by atoms with E-state index < -0.39 is 0 Å². The SMILES string of the molecule is C(#Cc1ccc(C#Cc2ccncc2)o1)c1ccncc1. The Morgan fingerprint density at radius 3 is 1.43 bits per heavy atom. The van der Waals surface area contributed by atoms with Gasteiger partial charge in [-0.25, -0.2) is 0 Å². The summed E-state index contributed by atoms with van der Waals surface area (Å²) in [5.74, 6) is 13.1. The fourth-order valence-corrected chi connectivity index (χ4v) is 1.61. The summed E-state index contributed by atoms with van der Waals surface area (Å²) in [6.45, 7) is 0. The minimum absolute atomic E-state index is 0.589. The van der Waals surface area contributed by atoms with Crippen LogP contribution < -0.4 is 0 Å². The average molecular weight is 270 g/mol. The third kappa shape index (κ3) is 3.59. The minimum Gasteiger partial charge on any atom is -0.439 e. The van der Waals surface area contributed by atoms with Gasteiger partial charge in [0.25, 0.3) is 0 Å². The van der Waals surface area contributed by atoms with Gasteiger partial charge in [0.1, 0.15) is 0 Å². The van der Waals surface area contributed by atoms with E-state index in [1.54, 1.807) is 24.8 Å². The molecular weight excluding hydrogens is 260 g/mol. The van der Waals surface area contributed by atoms with Gasteiger partial charge >= 0.3 is 0 Å². The number of aromatic nitrogens is 2. The quantitative estimate of drug-likeness (QED) is 0.590. The molecular formula is C18H10N2O. The van der Waals surface area contributed by atoms with Crippen LogP contribution in [0.1, 0.15) is 22.6 Å².